The van der Waals surface area contributed by atoms with Gasteiger partial charge in [0.2, 0.25) is 0 Å². The zero-order valence-corrected chi connectivity index (χ0v) is 11.2. The summed E-state index contributed by atoms with van der Waals surface area (Å²) in [5.41, 5.74) is 16.0. The van der Waals surface area contributed by atoms with Gasteiger partial charge in [-0.05, 0) is 35.7 Å². The minimum Gasteiger partial charge on any atom is -0.399 e. The molecule has 4 nitrogen and oxygen atoms in total. The van der Waals surface area contributed by atoms with Crippen molar-refractivity contribution in [3.8, 4) is 0 Å². The fourth-order valence-electron chi connectivity index (χ4n) is 2.72. The molecule has 2 aromatic rings. The minimum atomic E-state index is -0.418. The van der Waals surface area contributed by atoms with Crippen LogP contribution in [0.25, 0.3) is 0 Å². The molecule has 0 bridgehead atoms. The molecule has 0 saturated carbocycles. The molecule has 2 aromatic carbocycles. The number of carbonyl (C=O) groups is 1. The number of nitrogen functional groups attached to an aromatic ring is 1. The summed E-state index contributed by atoms with van der Waals surface area (Å²) in [6.07, 6.45) is 0.961. The number of anilines is 2. The monoisotopic (exact) mass is 267 g/mol. The first kappa shape index (κ1) is 12.5. The number of amides is 1. The quantitative estimate of drug-likeness (QED) is 0.817. The molecule has 3 rings (SSSR count). The molecule has 0 unspecified atom stereocenters. The Morgan fingerprint density at radius 2 is 1.85 bits per heavy atom. The predicted molar refractivity (Wildman–Crippen MR) is 80.6 cm³/mol. The minimum absolute atomic E-state index is 0.418. The van der Waals surface area contributed by atoms with E-state index in [0.717, 1.165) is 25.2 Å². The van der Waals surface area contributed by atoms with Gasteiger partial charge in [0.1, 0.15) is 0 Å². The van der Waals surface area contributed by atoms with Gasteiger partial charge < -0.3 is 16.4 Å². The fraction of sp³-hybridized carbons (Fsp3) is 0.188. The zero-order valence-electron chi connectivity index (χ0n) is 11.2. The third-order valence-corrected chi connectivity index (χ3v) is 3.76. The van der Waals surface area contributed by atoms with Gasteiger partial charge in [-0.15, -0.1) is 0 Å². The van der Waals surface area contributed by atoms with Gasteiger partial charge in [-0.1, -0.05) is 24.3 Å². The van der Waals surface area contributed by atoms with E-state index in [2.05, 4.69) is 23.1 Å². The number of primary amides is 1. The van der Waals surface area contributed by atoms with Crippen LogP contribution in [0.3, 0.4) is 0 Å². The Morgan fingerprint density at radius 1 is 1.10 bits per heavy atom. The summed E-state index contributed by atoms with van der Waals surface area (Å²) >= 11 is 0. The van der Waals surface area contributed by atoms with Crippen molar-refractivity contribution in [1.29, 1.82) is 0 Å². The van der Waals surface area contributed by atoms with E-state index in [4.69, 9.17) is 11.5 Å². The van der Waals surface area contributed by atoms with Crippen LogP contribution in [0.4, 0.5) is 11.4 Å². The Morgan fingerprint density at radius 3 is 2.60 bits per heavy atom. The Balaban J connectivity index is 1.99. The SMILES string of the molecule is NC(=O)c1ccc(N)cc1N1CCc2ccccc2C1. The molecule has 0 radical (unpaired) electrons. The molecule has 1 aliphatic rings. The van der Waals surface area contributed by atoms with Crippen LogP contribution < -0.4 is 16.4 Å². The average molecular weight is 267 g/mol. The predicted octanol–water partition coefficient (Wildman–Crippen LogP) is 1.93. The third kappa shape index (κ3) is 2.20. The topological polar surface area (TPSA) is 72.3 Å². The Labute approximate surface area is 118 Å². The van der Waals surface area contributed by atoms with Crippen molar-refractivity contribution in [1.82, 2.24) is 0 Å². The molecular formula is C16H17N3O. The van der Waals surface area contributed by atoms with Gasteiger partial charge in [-0.2, -0.15) is 0 Å². The molecule has 4 heteroatoms. The van der Waals surface area contributed by atoms with Crippen molar-refractivity contribution in [2.75, 3.05) is 17.2 Å². The lowest BCUT2D eigenvalue weighted by Gasteiger charge is -2.32. The standard InChI is InChI=1S/C16H17N3O/c17-13-5-6-14(16(18)20)15(9-13)19-8-7-11-3-1-2-4-12(11)10-19/h1-6,9H,7-8,10,17H2,(H2,18,20). The second-order valence-electron chi connectivity index (χ2n) is 5.08. The maximum Gasteiger partial charge on any atom is 0.250 e. The molecule has 0 aromatic heterocycles. The Bertz CT molecular complexity index is 667. The summed E-state index contributed by atoms with van der Waals surface area (Å²) in [5, 5.41) is 0. The van der Waals surface area contributed by atoms with Gasteiger partial charge in [0.15, 0.2) is 0 Å². The lowest BCUT2D eigenvalue weighted by Crippen LogP contribution is -2.32. The van der Waals surface area contributed by atoms with E-state index >= 15 is 0 Å². The van der Waals surface area contributed by atoms with Gasteiger partial charge >= 0.3 is 0 Å². The van der Waals surface area contributed by atoms with Crippen LogP contribution in [0.15, 0.2) is 42.5 Å². The summed E-state index contributed by atoms with van der Waals surface area (Å²) in [6.45, 7) is 1.64. The average Bonchev–Trinajstić information content (AvgIpc) is 2.46. The second kappa shape index (κ2) is 4.89. The van der Waals surface area contributed by atoms with E-state index in [-0.39, 0.29) is 0 Å². The van der Waals surface area contributed by atoms with E-state index in [0.29, 0.717) is 11.3 Å². The molecule has 0 atom stereocenters. The van der Waals surface area contributed by atoms with E-state index in [1.165, 1.54) is 11.1 Å². The highest BCUT2D eigenvalue weighted by Crippen LogP contribution is 2.28. The Kier molecular flexibility index (Phi) is 3.06. The summed E-state index contributed by atoms with van der Waals surface area (Å²) in [6, 6.07) is 13.6. The molecule has 1 amide bonds. The van der Waals surface area contributed by atoms with Crippen LogP contribution in [0.1, 0.15) is 21.5 Å². The number of fused-ring (bicyclic) bond motifs is 1. The van der Waals surface area contributed by atoms with Crippen molar-refractivity contribution in [2.45, 2.75) is 13.0 Å². The number of carbonyl (C=O) groups excluding carboxylic acids is 1. The van der Waals surface area contributed by atoms with Crippen molar-refractivity contribution in [3.63, 3.8) is 0 Å². The van der Waals surface area contributed by atoms with E-state index in [1.54, 1.807) is 12.1 Å². The lowest BCUT2D eigenvalue weighted by atomic mass is 9.98. The lowest BCUT2D eigenvalue weighted by molar-refractivity contribution is 0.100. The van der Waals surface area contributed by atoms with Gasteiger partial charge in [0, 0.05) is 18.8 Å². The molecule has 0 fully saturated rings. The van der Waals surface area contributed by atoms with Gasteiger partial charge in [0.05, 0.1) is 11.3 Å². The molecule has 0 saturated heterocycles. The van der Waals surface area contributed by atoms with Crippen LogP contribution >= 0.6 is 0 Å². The maximum absolute atomic E-state index is 11.6. The highest BCUT2D eigenvalue weighted by molar-refractivity contribution is 5.99. The molecular weight excluding hydrogens is 250 g/mol. The molecule has 1 aliphatic heterocycles. The van der Waals surface area contributed by atoms with Crippen molar-refractivity contribution >= 4 is 17.3 Å². The number of hydrogen-bond donors (Lipinski definition) is 2. The van der Waals surface area contributed by atoms with E-state index in [1.807, 2.05) is 12.1 Å². The first-order valence-electron chi connectivity index (χ1n) is 6.66. The first-order chi connectivity index (χ1) is 9.65. The third-order valence-electron chi connectivity index (χ3n) is 3.76. The van der Waals surface area contributed by atoms with Crippen LogP contribution in [0, 0.1) is 0 Å². The molecule has 20 heavy (non-hydrogen) atoms. The number of benzene rings is 2. The number of rotatable bonds is 2. The molecule has 0 aliphatic carbocycles. The molecule has 1 heterocycles. The summed E-state index contributed by atoms with van der Waals surface area (Å²) < 4.78 is 0. The smallest absolute Gasteiger partial charge is 0.250 e. The second-order valence-corrected chi connectivity index (χ2v) is 5.08. The van der Waals surface area contributed by atoms with Crippen molar-refractivity contribution < 1.29 is 4.79 Å². The zero-order chi connectivity index (χ0) is 14.1. The van der Waals surface area contributed by atoms with Crippen LogP contribution in [0.5, 0.6) is 0 Å². The van der Waals surface area contributed by atoms with Crippen LogP contribution in [-0.2, 0) is 13.0 Å². The van der Waals surface area contributed by atoms with Crippen molar-refractivity contribution in [3.05, 3.63) is 59.2 Å². The number of nitrogens with zero attached hydrogens (tertiary/aromatic N) is 1. The van der Waals surface area contributed by atoms with Crippen molar-refractivity contribution in [2.24, 2.45) is 5.73 Å². The van der Waals surface area contributed by atoms with Crippen LogP contribution in [-0.4, -0.2) is 12.5 Å². The van der Waals surface area contributed by atoms with Crippen LogP contribution in [0.2, 0.25) is 0 Å². The molecule has 102 valence electrons. The molecule has 0 spiro atoms. The number of nitrogens with two attached hydrogens (primary N) is 2. The van der Waals surface area contributed by atoms with Gasteiger partial charge in [-0.3, -0.25) is 4.79 Å². The largest absolute Gasteiger partial charge is 0.399 e. The highest BCUT2D eigenvalue weighted by atomic mass is 16.1. The summed E-state index contributed by atoms with van der Waals surface area (Å²) in [5.74, 6) is -0.418. The Hall–Kier alpha value is -2.49. The maximum atomic E-state index is 11.6. The van der Waals surface area contributed by atoms with Gasteiger partial charge in [-0.25, -0.2) is 0 Å². The van der Waals surface area contributed by atoms with E-state index in [9.17, 15) is 4.79 Å². The van der Waals surface area contributed by atoms with Gasteiger partial charge in [0.25, 0.3) is 5.91 Å². The fourth-order valence-corrected chi connectivity index (χ4v) is 2.72. The normalized spacial score (nSPS) is 13.9. The summed E-state index contributed by atoms with van der Waals surface area (Å²) in [4.78, 5) is 13.7. The molecule has 4 N–H and O–H groups in total. The highest BCUT2D eigenvalue weighted by Gasteiger charge is 2.20. The number of hydrogen-bond acceptors (Lipinski definition) is 3. The first-order valence-corrected chi connectivity index (χ1v) is 6.66. The van der Waals surface area contributed by atoms with E-state index < -0.39 is 5.91 Å². The summed E-state index contributed by atoms with van der Waals surface area (Å²) in [7, 11) is 0.